The Morgan fingerprint density at radius 3 is 2.44 bits per heavy atom. The average Bonchev–Trinajstić information content (AvgIpc) is 3.10. The van der Waals surface area contributed by atoms with Crippen LogP contribution >= 0.6 is 0 Å². The molecule has 0 N–H and O–H groups in total. The van der Waals surface area contributed by atoms with Crippen molar-refractivity contribution in [1.82, 2.24) is 14.6 Å². The smallest absolute Gasteiger partial charge is 0.173 e. The lowest BCUT2D eigenvalue weighted by atomic mass is 10.00. The predicted molar refractivity (Wildman–Crippen MR) is 94.0 cm³/mol. The number of nitriles is 1. The van der Waals surface area contributed by atoms with Crippen LogP contribution in [0.4, 0.5) is 0 Å². The first kappa shape index (κ1) is 14.8. The molecule has 0 unspecified atom stereocenters. The van der Waals surface area contributed by atoms with Crippen molar-refractivity contribution < 1.29 is 4.79 Å². The van der Waals surface area contributed by atoms with Crippen LogP contribution in [0.3, 0.4) is 0 Å². The van der Waals surface area contributed by atoms with E-state index in [-0.39, 0.29) is 0 Å². The van der Waals surface area contributed by atoms with E-state index in [9.17, 15) is 10.1 Å². The molecule has 2 aromatic carbocycles. The van der Waals surface area contributed by atoms with Gasteiger partial charge in [0.2, 0.25) is 0 Å². The summed E-state index contributed by atoms with van der Waals surface area (Å²) in [7, 11) is 0. The summed E-state index contributed by atoms with van der Waals surface area (Å²) in [6, 6.07) is 19.2. The highest BCUT2D eigenvalue weighted by molar-refractivity contribution is 5.83. The van der Waals surface area contributed by atoms with E-state index < -0.39 is 0 Å². The Labute approximate surface area is 143 Å². The Balaban J connectivity index is 2.01. The van der Waals surface area contributed by atoms with E-state index in [0.717, 1.165) is 28.7 Å². The number of aldehydes is 1. The molecule has 0 aliphatic heterocycles. The van der Waals surface area contributed by atoms with E-state index in [2.05, 4.69) is 11.2 Å². The zero-order chi connectivity index (χ0) is 17.2. The molecule has 2 heterocycles. The van der Waals surface area contributed by atoms with E-state index in [1.54, 1.807) is 16.6 Å². The summed E-state index contributed by atoms with van der Waals surface area (Å²) in [5, 5.41) is 13.5. The maximum atomic E-state index is 10.9. The van der Waals surface area contributed by atoms with Crippen molar-refractivity contribution in [3.05, 3.63) is 78.1 Å². The van der Waals surface area contributed by atoms with Crippen molar-refractivity contribution in [3.8, 4) is 28.5 Å². The van der Waals surface area contributed by atoms with Gasteiger partial charge < -0.3 is 0 Å². The van der Waals surface area contributed by atoms with Gasteiger partial charge in [0.1, 0.15) is 17.9 Å². The summed E-state index contributed by atoms with van der Waals surface area (Å²) in [6.45, 7) is 0. The van der Waals surface area contributed by atoms with Gasteiger partial charge in [0.15, 0.2) is 5.65 Å². The molecular weight excluding hydrogens is 312 g/mol. The fraction of sp³-hybridized carbons (Fsp3) is 0. The Morgan fingerprint density at radius 1 is 1.00 bits per heavy atom. The largest absolute Gasteiger partial charge is 0.298 e. The molecule has 0 saturated carbocycles. The predicted octanol–water partition coefficient (Wildman–Crippen LogP) is 3.75. The molecule has 5 heteroatoms. The molecule has 0 spiro atoms. The molecule has 4 rings (SSSR count). The number of fused-ring (bicyclic) bond motifs is 1. The second-order valence-electron chi connectivity index (χ2n) is 5.55. The van der Waals surface area contributed by atoms with E-state index in [0.29, 0.717) is 16.8 Å². The monoisotopic (exact) mass is 324 g/mol. The van der Waals surface area contributed by atoms with Crippen LogP contribution in [-0.4, -0.2) is 20.9 Å². The zero-order valence-electron chi connectivity index (χ0n) is 13.1. The van der Waals surface area contributed by atoms with Gasteiger partial charge in [-0.25, -0.2) is 9.50 Å². The number of aromatic nitrogens is 3. The van der Waals surface area contributed by atoms with Crippen LogP contribution in [-0.2, 0) is 0 Å². The van der Waals surface area contributed by atoms with Gasteiger partial charge in [-0.3, -0.25) is 4.79 Å². The van der Waals surface area contributed by atoms with Crippen molar-refractivity contribution in [1.29, 1.82) is 5.26 Å². The minimum absolute atomic E-state index is 0.422. The van der Waals surface area contributed by atoms with Gasteiger partial charge >= 0.3 is 0 Å². The topological polar surface area (TPSA) is 71.1 Å². The van der Waals surface area contributed by atoms with Crippen molar-refractivity contribution in [2.24, 2.45) is 0 Å². The lowest BCUT2D eigenvalue weighted by Crippen LogP contribution is -1.97. The summed E-state index contributed by atoms with van der Waals surface area (Å²) in [6.07, 6.45) is 4.20. The summed E-state index contributed by atoms with van der Waals surface area (Å²) >= 11 is 0. The van der Waals surface area contributed by atoms with Crippen LogP contribution in [0.15, 0.2) is 67.0 Å². The zero-order valence-corrected chi connectivity index (χ0v) is 13.1. The molecule has 0 aliphatic rings. The van der Waals surface area contributed by atoms with Crippen LogP contribution in [0.1, 0.15) is 15.9 Å². The number of hydrogen-bond donors (Lipinski definition) is 0. The van der Waals surface area contributed by atoms with Crippen LogP contribution < -0.4 is 0 Å². The van der Waals surface area contributed by atoms with Crippen molar-refractivity contribution in [3.63, 3.8) is 0 Å². The van der Waals surface area contributed by atoms with E-state index in [1.807, 2.05) is 48.7 Å². The summed E-state index contributed by atoms with van der Waals surface area (Å²) in [5.74, 6) is 0. The molecule has 5 nitrogen and oxygen atoms in total. The minimum Gasteiger partial charge on any atom is -0.298 e. The number of hydrogen-bond acceptors (Lipinski definition) is 4. The molecular formula is C20H12N4O. The lowest BCUT2D eigenvalue weighted by molar-refractivity contribution is 0.112. The van der Waals surface area contributed by atoms with E-state index in [1.165, 1.54) is 6.20 Å². The molecule has 25 heavy (non-hydrogen) atoms. The average molecular weight is 324 g/mol. The third-order valence-corrected chi connectivity index (χ3v) is 4.02. The Morgan fingerprint density at radius 2 is 1.76 bits per heavy atom. The van der Waals surface area contributed by atoms with Gasteiger partial charge in [0.05, 0.1) is 11.9 Å². The maximum absolute atomic E-state index is 10.9. The number of rotatable bonds is 3. The minimum atomic E-state index is 0.422. The van der Waals surface area contributed by atoms with Crippen LogP contribution in [0.2, 0.25) is 0 Å². The van der Waals surface area contributed by atoms with Gasteiger partial charge in [0, 0.05) is 22.9 Å². The molecule has 4 aromatic rings. The van der Waals surface area contributed by atoms with Crippen molar-refractivity contribution in [2.75, 3.05) is 0 Å². The molecule has 0 aliphatic carbocycles. The first-order valence-electron chi connectivity index (χ1n) is 7.69. The number of carbonyl (C=O) groups excluding carboxylic acids is 1. The molecule has 0 saturated heterocycles. The van der Waals surface area contributed by atoms with Gasteiger partial charge in [0.25, 0.3) is 0 Å². The molecule has 2 aromatic heterocycles. The Kier molecular flexibility index (Phi) is 3.56. The van der Waals surface area contributed by atoms with Crippen molar-refractivity contribution in [2.45, 2.75) is 0 Å². The summed E-state index contributed by atoms with van der Waals surface area (Å²) in [5.41, 5.74) is 5.06. The van der Waals surface area contributed by atoms with Gasteiger partial charge in [-0.05, 0) is 5.56 Å². The molecule has 0 radical (unpaired) electrons. The first-order chi connectivity index (χ1) is 12.3. The fourth-order valence-electron chi connectivity index (χ4n) is 2.76. The molecule has 0 atom stereocenters. The Hall–Kier alpha value is -3.78. The lowest BCUT2D eigenvalue weighted by Gasteiger charge is -2.10. The second kappa shape index (κ2) is 6.02. The highest BCUT2D eigenvalue weighted by atomic mass is 16.1. The highest BCUT2D eigenvalue weighted by Crippen LogP contribution is 2.31. The molecule has 0 amide bonds. The maximum Gasteiger partial charge on any atom is 0.173 e. The number of benzene rings is 2. The van der Waals surface area contributed by atoms with Crippen LogP contribution in [0.5, 0.6) is 0 Å². The van der Waals surface area contributed by atoms with Gasteiger partial charge in [-0.15, -0.1) is 0 Å². The molecule has 118 valence electrons. The number of carbonyl (C=O) groups is 1. The first-order valence-corrected chi connectivity index (χ1v) is 7.69. The van der Waals surface area contributed by atoms with Crippen LogP contribution in [0.25, 0.3) is 28.0 Å². The van der Waals surface area contributed by atoms with E-state index >= 15 is 0 Å². The second-order valence-corrected chi connectivity index (χ2v) is 5.55. The third-order valence-electron chi connectivity index (χ3n) is 4.02. The van der Waals surface area contributed by atoms with Crippen molar-refractivity contribution >= 4 is 11.9 Å². The standard InChI is InChI=1S/C20H12N4O/c21-10-17-11-22-24-12-18(15-4-2-1-3-5-15)19(23-20(17)24)16-8-6-14(13-25)7-9-16/h1-9,11-13H. The fourth-order valence-corrected chi connectivity index (χ4v) is 2.76. The number of nitrogens with zero attached hydrogens (tertiary/aromatic N) is 4. The van der Waals surface area contributed by atoms with Gasteiger partial charge in [-0.1, -0.05) is 54.6 Å². The highest BCUT2D eigenvalue weighted by Gasteiger charge is 2.14. The van der Waals surface area contributed by atoms with Crippen LogP contribution in [0, 0.1) is 11.3 Å². The summed E-state index contributed by atoms with van der Waals surface area (Å²) in [4.78, 5) is 15.6. The SMILES string of the molecule is N#Cc1cnn2cc(-c3ccccc3)c(-c3ccc(C=O)cc3)nc12. The quantitative estimate of drug-likeness (QED) is 0.538. The Bertz CT molecular complexity index is 1110. The summed E-state index contributed by atoms with van der Waals surface area (Å²) < 4.78 is 1.62. The van der Waals surface area contributed by atoms with Gasteiger partial charge in [-0.2, -0.15) is 10.4 Å². The normalized spacial score (nSPS) is 10.5. The molecule has 0 bridgehead atoms. The third kappa shape index (κ3) is 2.56. The molecule has 0 fully saturated rings. The van der Waals surface area contributed by atoms with E-state index in [4.69, 9.17) is 4.98 Å².